The Morgan fingerprint density at radius 1 is 1.04 bits per heavy atom. The lowest BCUT2D eigenvalue weighted by atomic mass is 10.0. The number of aliphatic imine (C=N–C) groups is 1. The third kappa shape index (κ3) is 6.14. The van der Waals surface area contributed by atoms with Crippen LogP contribution < -0.4 is 31.3 Å². The Bertz CT molecular complexity index is 1890. The molecule has 0 aliphatic carbocycles. The number of fused-ring (bicyclic) bond motifs is 2. The molecule has 45 heavy (non-hydrogen) atoms. The summed E-state index contributed by atoms with van der Waals surface area (Å²) in [5.41, 5.74) is 12.3. The number of hydrogen-bond acceptors (Lipinski definition) is 10. The highest BCUT2D eigenvalue weighted by molar-refractivity contribution is 7.65. The molecule has 1 aliphatic heterocycles. The third-order valence-electron chi connectivity index (χ3n) is 8.03. The van der Waals surface area contributed by atoms with Crippen LogP contribution >= 0.6 is 7.92 Å². The van der Waals surface area contributed by atoms with E-state index in [4.69, 9.17) is 25.4 Å². The lowest BCUT2D eigenvalue weighted by molar-refractivity contribution is 0.312. The number of nitrogens with zero attached hydrogens (tertiary/aromatic N) is 6. The standard InChI is InChI=1S/C33H39N10OP/c1-35-19-21(18-34)24-16-26(29(44-3)17-28(24)43-14-12-42(2)13-15-43)39-33-40-31-23(10-11-36-31)32(41-33)38-27-20-37-25-9-7-6-8-22(25)30(27)45(4)5/h6-11,16-20H,12-15,34H2,1-5H3,(H3,36,38,39,40,41). The van der Waals surface area contributed by atoms with Crippen LogP contribution in [-0.4, -0.2) is 91.8 Å². The maximum Gasteiger partial charge on any atom is 0.231 e. The Morgan fingerprint density at radius 3 is 2.58 bits per heavy atom. The van der Waals surface area contributed by atoms with Gasteiger partial charge >= 0.3 is 0 Å². The summed E-state index contributed by atoms with van der Waals surface area (Å²) >= 11 is 0. The number of ether oxygens (including phenoxy) is 1. The molecule has 1 fully saturated rings. The summed E-state index contributed by atoms with van der Waals surface area (Å²) in [6.07, 6.45) is 7.13. The molecule has 11 nitrogen and oxygen atoms in total. The molecule has 0 unspecified atom stereocenters. The van der Waals surface area contributed by atoms with E-state index in [0.717, 1.165) is 65.0 Å². The van der Waals surface area contributed by atoms with E-state index >= 15 is 0 Å². The summed E-state index contributed by atoms with van der Waals surface area (Å²) in [7, 11) is 5.12. The Labute approximate surface area is 264 Å². The van der Waals surface area contributed by atoms with Crippen LogP contribution in [0.5, 0.6) is 5.75 Å². The molecule has 1 saturated heterocycles. The molecule has 0 atom stereocenters. The van der Waals surface area contributed by atoms with Crippen LogP contribution in [0.1, 0.15) is 5.56 Å². The molecule has 5 N–H and O–H groups in total. The van der Waals surface area contributed by atoms with Gasteiger partial charge in [0.25, 0.3) is 0 Å². The molecule has 12 heteroatoms. The van der Waals surface area contributed by atoms with Gasteiger partial charge in [-0.3, -0.25) is 9.98 Å². The van der Waals surface area contributed by atoms with Gasteiger partial charge in [0, 0.05) is 85.4 Å². The van der Waals surface area contributed by atoms with Crippen molar-refractivity contribution in [2.75, 3.05) is 76.2 Å². The Balaban J connectivity index is 1.42. The van der Waals surface area contributed by atoms with Gasteiger partial charge in [0.15, 0.2) is 0 Å². The molecular formula is C33H39N10OP. The number of aromatic nitrogens is 4. The minimum Gasteiger partial charge on any atom is -0.494 e. The molecule has 1 aliphatic rings. The van der Waals surface area contributed by atoms with E-state index in [1.807, 2.05) is 36.7 Å². The monoisotopic (exact) mass is 622 g/mol. The SMILES string of the molecule is CN=CC(=CN)c1cc(Nc2nc(Nc3cnc4ccccc4c3P(C)C)c3cc[nH]c3n2)c(OC)cc1N1CCN(C)CC1. The maximum absolute atomic E-state index is 6.12. The number of benzene rings is 2. The van der Waals surface area contributed by atoms with Gasteiger partial charge < -0.3 is 35.9 Å². The number of pyridine rings is 1. The molecule has 4 heterocycles. The molecule has 0 saturated carbocycles. The molecule has 6 rings (SSSR count). The van der Waals surface area contributed by atoms with Crippen LogP contribution in [-0.2, 0) is 0 Å². The van der Waals surface area contributed by atoms with Gasteiger partial charge in [-0.25, -0.2) is 0 Å². The van der Waals surface area contributed by atoms with Gasteiger partial charge in [-0.2, -0.15) is 9.97 Å². The van der Waals surface area contributed by atoms with E-state index < -0.39 is 7.92 Å². The molecular weight excluding hydrogens is 583 g/mol. The number of methoxy groups -OCH3 is 1. The summed E-state index contributed by atoms with van der Waals surface area (Å²) in [5.74, 6) is 1.76. The molecule has 0 spiro atoms. The van der Waals surface area contributed by atoms with Crippen molar-refractivity contribution in [1.29, 1.82) is 0 Å². The van der Waals surface area contributed by atoms with Crippen LogP contribution in [0, 0.1) is 0 Å². The largest absolute Gasteiger partial charge is 0.494 e. The van der Waals surface area contributed by atoms with E-state index in [1.165, 1.54) is 5.30 Å². The highest BCUT2D eigenvalue weighted by atomic mass is 31.1. The Morgan fingerprint density at radius 2 is 1.84 bits per heavy atom. The molecule has 3 aromatic heterocycles. The first kappa shape index (κ1) is 30.3. The Kier molecular flexibility index (Phi) is 8.82. The van der Waals surface area contributed by atoms with Crippen molar-refractivity contribution >= 4 is 75.8 Å². The smallest absolute Gasteiger partial charge is 0.231 e. The second-order valence-corrected chi connectivity index (χ2v) is 13.4. The van der Waals surface area contributed by atoms with Crippen LogP contribution in [0.15, 0.2) is 66.1 Å². The van der Waals surface area contributed by atoms with Crippen LogP contribution in [0.2, 0.25) is 0 Å². The predicted molar refractivity (Wildman–Crippen MR) is 190 cm³/mol. The fraction of sp³-hybridized carbons (Fsp3) is 0.273. The maximum atomic E-state index is 6.12. The molecule has 0 bridgehead atoms. The van der Waals surface area contributed by atoms with Gasteiger partial charge in [-0.1, -0.05) is 26.1 Å². The minimum atomic E-state index is -0.443. The normalized spacial score (nSPS) is 14.6. The average Bonchev–Trinajstić information content (AvgIpc) is 3.53. The highest BCUT2D eigenvalue weighted by Crippen LogP contribution is 2.39. The van der Waals surface area contributed by atoms with Gasteiger partial charge in [-0.15, -0.1) is 0 Å². The predicted octanol–water partition coefficient (Wildman–Crippen LogP) is 5.12. The van der Waals surface area contributed by atoms with E-state index in [2.05, 4.69) is 69.0 Å². The zero-order chi connectivity index (χ0) is 31.5. The number of allylic oxidation sites excluding steroid dienone is 1. The van der Waals surface area contributed by atoms with Crippen molar-refractivity contribution in [1.82, 2.24) is 24.8 Å². The van der Waals surface area contributed by atoms with Gasteiger partial charge in [-0.05, 0) is 38.6 Å². The number of anilines is 5. The molecule has 232 valence electrons. The summed E-state index contributed by atoms with van der Waals surface area (Å²) in [6, 6.07) is 14.3. The lowest BCUT2D eigenvalue weighted by Gasteiger charge is -2.35. The topological polar surface area (TPSA) is 133 Å². The van der Waals surface area contributed by atoms with Gasteiger partial charge in [0.05, 0.1) is 35.6 Å². The Hall–Kier alpha value is -4.73. The number of nitrogens with one attached hydrogen (secondary N) is 3. The summed E-state index contributed by atoms with van der Waals surface area (Å²) < 4.78 is 5.91. The zero-order valence-corrected chi connectivity index (χ0v) is 27.2. The van der Waals surface area contributed by atoms with E-state index in [0.29, 0.717) is 28.9 Å². The zero-order valence-electron chi connectivity index (χ0n) is 26.3. The number of hydrogen-bond donors (Lipinski definition) is 4. The molecule has 0 radical (unpaired) electrons. The minimum absolute atomic E-state index is 0.414. The molecule has 5 aromatic rings. The fourth-order valence-electron chi connectivity index (χ4n) is 5.76. The van der Waals surface area contributed by atoms with Crippen molar-refractivity contribution in [3.63, 3.8) is 0 Å². The van der Waals surface area contributed by atoms with Crippen molar-refractivity contribution in [2.24, 2.45) is 10.7 Å². The number of rotatable bonds is 9. The molecule has 2 aromatic carbocycles. The van der Waals surface area contributed by atoms with Crippen molar-refractivity contribution < 1.29 is 4.74 Å². The van der Waals surface area contributed by atoms with Crippen molar-refractivity contribution in [3.05, 3.63) is 66.6 Å². The first-order valence-electron chi connectivity index (χ1n) is 14.8. The summed E-state index contributed by atoms with van der Waals surface area (Å²) in [4.78, 5) is 26.7. The fourth-order valence-corrected chi connectivity index (χ4v) is 7.02. The third-order valence-corrected chi connectivity index (χ3v) is 9.41. The van der Waals surface area contributed by atoms with Crippen molar-refractivity contribution in [2.45, 2.75) is 0 Å². The van der Waals surface area contributed by atoms with Crippen molar-refractivity contribution in [3.8, 4) is 5.75 Å². The highest BCUT2D eigenvalue weighted by Gasteiger charge is 2.22. The van der Waals surface area contributed by atoms with E-state index in [-0.39, 0.29) is 0 Å². The number of piperazine rings is 1. The first-order chi connectivity index (χ1) is 21.9. The first-order valence-corrected chi connectivity index (χ1v) is 17.1. The van der Waals surface area contributed by atoms with E-state index in [9.17, 15) is 0 Å². The lowest BCUT2D eigenvalue weighted by Crippen LogP contribution is -2.44. The summed E-state index contributed by atoms with van der Waals surface area (Å²) in [5, 5.41) is 10.3. The number of likely N-dealkylation sites (N-methyl/N-ethyl adjacent to an activating group) is 1. The number of para-hydroxylation sites is 1. The second-order valence-electron chi connectivity index (χ2n) is 11.2. The number of aromatic amines is 1. The van der Waals surface area contributed by atoms with Crippen LogP contribution in [0.4, 0.5) is 28.8 Å². The van der Waals surface area contributed by atoms with Crippen LogP contribution in [0.25, 0.3) is 27.5 Å². The number of nitrogens with two attached hydrogens (primary N) is 1. The van der Waals surface area contributed by atoms with Gasteiger partial charge in [0.1, 0.15) is 17.2 Å². The second kappa shape index (κ2) is 13.1. The average molecular weight is 623 g/mol. The molecule has 0 amide bonds. The van der Waals surface area contributed by atoms with Gasteiger partial charge in [0.2, 0.25) is 5.95 Å². The number of H-pyrrole nitrogens is 1. The van der Waals surface area contributed by atoms with E-state index in [1.54, 1.807) is 26.6 Å². The quantitative estimate of drug-likeness (QED) is 0.131. The van der Waals surface area contributed by atoms with Crippen LogP contribution in [0.3, 0.4) is 0 Å². The summed E-state index contributed by atoms with van der Waals surface area (Å²) in [6.45, 7) is 8.24.